The van der Waals surface area contributed by atoms with Crippen molar-refractivity contribution in [3.8, 4) is 11.1 Å². The molecule has 0 radical (unpaired) electrons. The molecule has 0 fully saturated rings. The van der Waals surface area contributed by atoms with Crippen molar-refractivity contribution in [2.24, 2.45) is 0 Å². The van der Waals surface area contributed by atoms with Gasteiger partial charge in [-0.25, -0.2) is 4.79 Å². The first-order chi connectivity index (χ1) is 10.7. The molecule has 0 bridgehead atoms. The van der Waals surface area contributed by atoms with Gasteiger partial charge in [0.05, 0.1) is 6.61 Å². The van der Waals surface area contributed by atoms with Gasteiger partial charge in [0.2, 0.25) is 0 Å². The van der Waals surface area contributed by atoms with E-state index in [0.717, 1.165) is 23.4 Å². The molecule has 0 saturated heterocycles. The summed E-state index contributed by atoms with van der Waals surface area (Å²) in [4.78, 5) is 11.4. The van der Waals surface area contributed by atoms with Crippen LogP contribution >= 0.6 is 11.6 Å². The summed E-state index contributed by atoms with van der Waals surface area (Å²) >= 11 is 6.07. The Morgan fingerprint density at radius 3 is 2.55 bits per heavy atom. The maximum atomic E-state index is 11.4. The van der Waals surface area contributed by atoms with Gasteiger partial charge in [-0.15, -0.1) is 0 Å². The van der Waals surface area contributed by atoms with Crippen LogP contribution in [0.3, 0.4) is 0 Å². The lowest BCUT2D eigenvalue weighted by molar-refractivity contribution is -0.137. The number of carbonyl (C=O) groups excluding carboxylic acids is 1. The van der Waals surface area contributed by atoms with Crippen molar-refractivity contribution in [1.29, 1.82) is 0 Å². The van der Waals surface area contributed by atoms with Gasteiger partial charge in [-0.2, -0.15) is 0 Å². The first kappa shape index (κ1) is 14.9. The number of esters is 1. The second kappa shape index (κ2) is 6.37. The van der Waals surface area contributed by atoms with Gasteiger partial charge in [-0.1, -0.05) is 35.9 Å². The van der Waals surface area contributed by atoms with Crippen molar-refractivity contribution in [3.63, 3.8) is 0 Å². The number of carbonyl (C=O) groups is 1. The van der Waals surface area contributed by atoms with Gasteiger partial charge >= 0.3 is 5.97 Å². The Kier molecular flexibility index (Phi) is 4.30. The van der Waals surface area contributed by atoms with E-state index in [1.807, 2.05) is 18.2 Å². The van der Waals surface area contributed by atoms with E-state index in [-0.39, 0.29) is 5.97 Å². The monoisotopic (exact) mass is 312 g/mol. The van der Waals surface area contributed by atoms with Crippen LogP contribution in [0.2, 0.25) is 5.02 Å². The van der Waals surface area contributed by atoms with Crippen LogP contribution in [0.25, 0.3) is 17.2 Å². The molecule has 2 aromatic carbocycles. The molecule has 1 aliphatic carbocycles. The summed E-state index contributed by atoms with van der Waals surface area (Å²) in [5.41, 5.74) is 6.14. The number of hydrogen-bond donors (Lipinski definition) is 0. The van der Waals surface area contributed by atoms with Crippen LogP contribution in [-0.4, -0.2) is 12.6 Å². The van der Waals surface area contributed by atoms with Crippen molar-refractivity contribution in [1.82, 2.24) is 0 Å². The van der Waals surface area contributed by atoms with Crippen LogP contribution in [0.4, 0.5) is 0 Å². The fourth-order valence-electron chi connectivity index (χ4n) is 2.84. The molecule has 1 aliphatic rings. The Morgan fingerprint density at radius 1 is 1.14 bits per heavy atom. The highest BCUT2D eigenvalue weighted by atomic mass is 35.5. The van der Waals surface area contributed by atoms with E-state index in [4.69, 9.17) is 16.3 Å². The lowest BCUT2D eigenvalue weighted by Gasteiger charge is -2.20. The molecule has 2 aromatic rings. The summed E-state index contributed by atoms with van der Waals surface area (Å²) in [6, 6.07) is 12.4. The molecule has 0 atom stereocenters. The minimum absolute atomic E-state index is 0.305. The quantitative estimate of drug-likeness (QED) is 0.607. The summed E-state index contributed by atoms with van der Waals surface area (Å²) in [5.74, 6) is -0.305. The van der Waals surface area contributed by atoms with Gasteiger partial charge in [0.25, 0.3) is 0 Å². The minimum atomic E-state index is -0.305. The zero-order valence-electron chi connectivity index (χ0n) is 12.4. The minimum Gasteiger partial charge on any atom is -0.463 e. The van der Waals surface area contributed by atoms with Gasteiger partial charge in [-0.05, 0) is 65.8 Å². The van der Waals surface area contributed by atoms with E-state index < -0.39 is 0 Å². The number of aryl methyl sites for hydroxylation is 2. The fraction of sp³-hybridized carbons (Fsp3) is 0.211. The van der Waals surface area contributed by atoms with E-state index in [2.05, 4.69) is 18.2 Å². The third kappa shape index (κ3) is 3.07. The van der Waals surface area contributed by atoms with Gasteiger partial charge < -0.3 is 4.74 Å². The zero-order chi connectivity index (χ0) is 15.5. The molecule has 0 unspecified atom stereocenters. The van der Waals surface area contributed by atoms with Crippen LogP contribution < -0.4 is 0 Å². The molecule has 3 rings (SSSR count). The summed E-state index contributed by atoms with van der Waals surface area (Å²) in [7, 11) is 0. The Bertz CT molecular complexity index is 747. The molecule has 0 saturated carbocycles. The van der Waals surface area contributed by atoms with Crippen LogP contribution in [-0.2, 0) is 22.4 Å². The SMILES string of the molecule is CCOC(=O)/C=C/c1ccc2c(c1)CCc1cc(Cl)ccc1-2. The number of ether oxygens (including phenoxy) is 1. The van der Waals surface area contributed by atoms with Crippen molar-refractivity contribution < 1.29 is 9.53 Å². The number of benzene rings is 2. The van der Waals surface area contributed by atoms with E-state index in [0.29, 0.717) is 6.61 Å². The van der Waals surface area contributed by atoms with Crippen molar-refractivity contribution in [2.45, 2.75) is 19.8 Å². The van der Waals surface area contributed by atoms with Gasteiger partial charge in [0.15, 0.2) is 0 Å². The number of hydrogen-bond acceptors (Lipinski definition) is 2. The maximum Gasteiger partial charge on any atom is 0.330 e. The van der Waals surface area contributed by atoms with E-state index in [1.54, 1.807) is 13.0 Å². The van der Waals surface area contributed by atoms with Crippen LogP contribution in [0, 0.1) is 0 Å². The lowest BCUT2D eigenvalue weighted by atomic mass is 9.85. The highest BCUT2D eigenvalue weighted by molar-refractivity contribution is 6.30. The summed E-state index contributed by atoms with van der Waals surface area (Å²) < 4.78 is 4.90. The first-order valence-electron chi connectivity index (χ1n) is 7.44. The second-order valence-corrected chi connectivity index (χ2v) is 5.74. The average Bonchev–Trinajstić information content (AvgIpc) is 2.52. The van der Waals surface area contributed by atoms with Crippen molar-refractivity contribution in [3.05, 3.63) is 64.2 Å². The topological polar surface area (TPSA) is 26.3 Å². The molecule has 2 nitrogen and oxygen atoms in total. The Morgan fingerprint density at radius 2 is 1.82 bits per heavy atom. The third-order valence-electron chi connectivity index (χ3n) is 3.85. The summed E-state index contributed by atoms with van der Waals surface area (Å²) in [6.07, 6.45) is 5.26. The Balaban J connectivity index is 1.90. The molecule has 0 spiro atoms. The van der Waals surface area contributed by atoms with Crippen LogP contribution in [0.1, 0.15) is 23.6 Å². The molecule has 112 valence electrons. The molecule has 3 heteroatoms. The average molecular weight is 313 g/mol. The predicted octanol–water partition coefficient (Wildman–Crippen LogP) is 4.68. The van der Waals surface area contributed by atoms with Crippen molar-refractivity contribution in [2.75, 3.05) is 6.61 Å². The molecule has 0 aliphatic heterocycles. The highest BCUT2D eigenvalue weighted by Crippen LogP contribution is 2.35. The summed E-state index contributed by atoms with van der Waals surface area (Å²) in [5, 5.41) is 0.788. The highest BCUT2D eigenvalue weighted by Gasteiger charge is 2.16. The van der Waals surface area contributed by atoms with Crippen LogP contribution in [0.5, 0.6) is 0 Å². The molecular formula is C19H17ClO2. The first-order valence-corrected chi connectivity index (χ1v) is 7.81. The Hall–Kier alpha value is -2.06. The van der Waals surface area contributed by atoms with E-state index in [1.165, 1.54) is 28.3 Å². The van der Waals surface area contributed by atoms with E-state index >= 15 is 0 Å². The zero-order valence-corrected chi connectivity index (χ0v) is 13.2. The number of fused-ring (bicyclic) bond motifs is 3. The third-order valence-corrected chi connectivity index (χ3v) is 4.08. The second-order valence-electron chi connectivity index (χ2n) is 5.30. The molecule has 0 N–H and O–H groups in total. The van der Waals surface area contributed by atoms with Gasteiger partial charge in [-0.3, -0.25) is 0 Å². The number of rotatable bonds is 3. The maximum absolute atomic E-state index is 11.4. The summed E-state index contributed by atoms with van der Waals surface area (Å²) in [6.45, 7) is 2.20. The smallest absolute Gasteiger partial charge is 0.330 e. The molecule has 0 amide bonds. The number of halogens is 1. The molecule has 0 heterocycles. The largest absolute Gasteiger partial charge is 0.463 e. The Labute approximate surface area is 135 Å². The van der Waals surface area contributed by atoms with Gasteiger partial charge in [0, 0.05) is 11.1 Å². The van der Waals surface area contributed by atoms with E-state index in [9.17, 15) is 4.79 Å². The van der Waals surface area contributed by atoms with Crippen molar-refractivity contribution >= 4 is 23.6 Å². The standard InChI is InChI=1S/C19H17ClO2/c1-2-22-19(21)10-4-13-3-8-17-14(11-13)5-6-15-12-16(20)7-9-18(15)17/h3-4,7-12H,2,5-6H2,1H3/b10-4+. The van der Waals surface area contributed by atoms with Crippen LogP contribution in [0.15, 0.2) is 42.5 Å². The molecule has 22 heavy (non-hydrogen) atoms. The fourth-order valence-corrected chi connectivity index (χ4v) is 3.04. The normalized spacial score (nSPS) is 12.8. The molecular weight excluding hydrogens is 296 g/mol. The molecule has 0 aromatic heterocycles. The lowest BCUT2D eigenvalue weighted by Crippen LogP contribution is -2.04. The van der Waals surface area contributed by atoms with Gasteiger partial charge in [0.1, 0.15) is 0 Å². The predicted molar refractivity (Wildman–Crippen MR) is 90.0 cm³/mol.